The van der Waals surface area contributed by atoms with Crippen LogP contribution in [0.2, 0.25) is 0 Å². The smallest absolute Gasteiger partial charge is 0.191 e. The molecule has 0 saturated carbocycles. The molecule has 2 heterocycles. The lowest BCUT2D eigenvalue weighted by molar-refractivity contribution is 0.133. The summed E-state index contributed by atoms with van der Waals surface area (Å²) in [5.41, 5.74) is 1.34. The number of unbranched alkanes of at least 4 members (excludes halogenated alkanes) is 1. The molecule has 3 rings (SSSR count). The first-order chi connectivity index (χ1) is 14.3. The summed E-state index contributed by atoms with van der Waals surface area (Å²) in [4.78, 5) is 6.87. The highest BCUT2D eigenvalue weighted by atomic mass is 127. The van der Waals surface area contributed by atoms with Crippen LogP contribution in [0.4, 0.5) is 5.00 Å². The normalized spacial score (nSPS) is 15.0. The lowest BCUT2D eigenvalue weighted by atomic mass is 10.1. The number of piperidine rings is 1. The number of guanidine groups is 1. The van der Waals surface area contributed by atoms with Crippen LogP contribution >= 0.6 is 35.3 Å². The van der Waals surface area contributed by atoms with Crippen LogP contribution in [0, 0.1) is 0 Å². The molecule has 5 nitrogen and oxygen atoms in total. The number of anilines is 1. The van der Waals surface area contributed by atoms with Crippen LogP contribution in [0.5, 0.6) is 0 Å². The van der Waals surface area contributed by atoms with Crippen LogP contribution in [-0.2, 0) is 11.2 Å². The molecule has 7 heteroatoms. The molecule has 1 saturated heterocycles. The van der Waals surface area contributed by atoms with Gasteiger partial charge in [0.05, 0.1) is 11.6 Å². The maximum Gasteiger partial charge on any atom is 0.191 e. The molecule has 30 heavy (non-hydrogen) atoms. The van der Waals surface area contributed by atoms with E-state index < -0.39 is 0 Å². The third-order valence-corrected chi connectivity index (χ3v) is 6.19. The predicted octanol–water partition coefficient (Wildman–Crippen LogP) is 4.54. The molecule has 2 aromatic rings. The van der Waals surface area contributed by atoms with Crippen molar-refractivity contribution in [3.8, 4) is 0 Å². The van der Waals surface area contributed by atoms with Crippen molar-refractivity contribution in [1.82, 2.24) is 10.6 Å². The molecule has 0 unspecified atom stereocenters. The molecule has 1 aromatic heterocycles. The zero-order chi connectivity index (χ0) is 20.2. The van der Waals surface area contributed by atoms with E-state index in [1.165, 1.54) is 10.6 Å². The number of hydrogen-bond acceptors (Lipinski definition) is 4. The molecule has 0 aliphatic carbocycles. The van der Waals surface area contributed by atoms with E-state index in [0.29, 0.717) is 6.04 Å². The van der Waals surface area contributed by atoms with Gasteiger partial charge in [-0.1, -0.05) is 30.3 Å². The fraction of sp³-hybridized carbons (Fsp3) is 0.522. The van der Waals surface area contributed by atoms with E-state index in [0.717, 1.165) is 70.9 Å². The van der Waals surface area contributed by atoms with Crippen LogP contribution in [0.3, 0.4) is 0 Å². The van der Waals surface area contributed by atoms with E-state index in [1.807, 2.05) is 24.5 Å². The summed E-state index contributed by atoms with van der Waals surface area (Å²) in [5, 5.41) is 10.6. The highest BCUT2D eigenvalue weighted by Gasteiger charge is 2.20. The van der Waals surface area contributed by atoms with Crippen LogP contribution in [0.15, 0.2) is 52.8 Å². The number of halogens is 1. The SMILES string of the molecule is CN=C(NCCCCOCCc1ccccc1)NC1CCN(c2cccs2)CC1.I. The monoisotopic (exact) mass is 542 g/mol. The molecule has 1 aromatic carbocycles. The summed E-state index contributed by atoms with van der Waals surface area (Å²) in [6.45, 7) is 4.76. The summed E-state index contributed by atoms with van der Waals surface area (Å²) < 4.78 is 5.76. The molecule has 0 atom stereocenters. The van der Waals surface area contributed by atoms with Gasteiger partial charge in [0.1, 0.15) is 0 Å². The van der Waals surface area contributed by atoms with Crippen molar-refractivity contribution in [1.29, 1.82) is 0 Å². The molecule has 1 aliphatic rings. The fourth-order valence-electron chi connectivity index (χ4n) is 3.55. The number of rotatable bonds is 10. The lowest BCUT2D eigenvalue weighted by Crippen LogP contribution is -2.48. The molecule has 1 fully saturated rings. The first-order valence-electron chi connectivity index (χ1n) is 10.7. The summed E-state index contributed by atoms with van der Waals surface area (Å²) >= 11 is 1.83. The quantitative estimate of drug-likeness (QED) is 0.200. The molecule has 1 aliphatic heterocycles. The van der Waals surface area contributed by atoms with Crippen molar-refractivity contribution in [3.05, 3.63) is 53.4 Å². The Morgan fingerprint density at radius 2 is 1.90 bits per heavy atom. The maximum atomic E-state index is 5.76. The highest BCUT2D eigenvalue weighted by molar-refractivity contribution is 14.0. The van der Waals surface area contributed by atoms with Crippen LogP contribution in [0.25, 0.3) is 0 Å². The Morgan fingerprint density at radius 3 is 2.60 bits per heavy atom. The molecule has 0 bridgehead atoms. The van der Waals surface area contributed by atoms with Crippen molar-refractivity contribution >= 4 is 46.3 Å². The number of ether oxygens (including phenoxy) is 1. The average Bonchev–Trinajstić information content (AvgIpc) is 3.31. The first-order valence-corrected chi connectivity index (χ1v) is 11.6. The third-order valence-electron chi connectivity index (χ3n) is 5.26. The van der Waals surface area contributed by atoms with E-state index in [2.05, 4.69) is 62.3 Å². The first kappa shape index (κ1) is 24.9. The second-order valence-corrected chi connectivity index (χ2v) is 8.34. The standard InChI is InChI=1S/C23H34N4OS.HI/c1-24-23(26-21-11-15-27(16-12-21)22-10-7-19-29-22)25-14-5-6-17-28-18-13-20-8-3-2-4-9-20;/h2-4,7-10,19,21H,5-6,11-18H2,1H3,(H2,24,25,26);1H. The van der Waals surface area contributed by atoms with E-state index >= 15 is 0 Å². The van der Waals surface area contributed by atoms with Gasteiger partial charge in [-0.15, -0.1) is 35.3 Å². The minimum atomic E-state index is 0. The Bertz CT molecular complexity index is 703. The summed E-state index contributed by atoms with van der Waals surface area (Å²) in [6.07, 6.45) is 5.43. The highest BCUT2D eigenvalue weighted by Crippen LogP contribution is 2.24. The molecular weight excluding hydrogens is 507 g/mol. The van der Waals surface area contributed by atoms with E-state index in [9.17, 15) is 0 Å². The number of nitrogens with one attached hydrogen (secondary N) is 2. The van der Waals surface area contributed by atoms with Crippen molar-refractivity contribution in [2.75, 3.05) is 44.8 Å². The van der Waals surface area contributed by atoms with Crippen LogP contribution < -0.4 is 15.5 Å². The zero-order valence-electron chi connectivity index (χ0n) is 17.9. The minimum Gasteiger partial charge on any atom is -0.381 e. The van der Waals surface area contributed by atoms with Gasteiger partial charge in [0.15, 0.2) is 5.96 Å². The molecule has 0 spiro atoms. The molecule has 2 N–H and O–H groups in total. The molecule has 166 valence electrons. The van der Waals surface area contributed by atoms with Crippen molar-refractivity contribution < 1.29 is 4.74 Å². The second kappa shape index (κ2) is 14.6. The van der Waals surface area contributed by atoms with Gasteiger partial charge >= 0.3 is 0 Å². The van der Waals surface area contributed by atoms with E-state index in [-0.39, 0.29) is 24.0 Å². The summed E-state index contributed by atoms with van der Waals surface area (Å²) in [5.74, 6) is 0.921. The van der Waals surface area contributed by atoms with Gasteiger partial charge in [-0.05, 0) is 55.2 Å². The Morgan fingerprint density at radius 1 is 1.10 bits per heavy atom. The van der Waals surface area contributed by atoms with Gasteiger partial charge in [0, 0.05) is 39.3 Å². The molecule has 0 amide bonds. The van der Waals surface area contributed by atoms with E-state index in [1.54, 1.807) is 0 Å². The topological polar surface area (TPSA) is 48.9 Å². The Hall–Kier alpha value is -1.32. The van der Waals surface area contributed by atoms with Gasteiger partial charge in [-0.3, -0.25) is 4.99 Å². The van der Waals surface area contributed by atoms with E-state index in [4.69, 9.17) is 4.74 Å². The second-order valence-electron chi connectivity index (χ2n) is 7.41. The number of hydrogen-bond donors (Lipinski definition) is 2. The fourth-order valence-corrected chi connectivity index (χ4v) is 4.34. The van der Waals surface area contributed by atoms with Gasteiger partial charge < -0.3 is 20.3 Å². The van der Waals surface area contributed by atoms with Crippen molar-refractivity contribution in [3.63, 3.8) is 0 Å². The van der Waals surface area contributed by atoms with Gasteiger partial charge in [-0.2, -0.15) is 0 Å². The molecule has 0 radical (unpaired) electrons. The van der Waals surface area contributed by atoms with Crippen LogP contribution in [0.1, 0.15) is 31.2 Å². The Labute approximate surface area is 202 Å². The summed E-state index contributed by atoms with van der Waals surface area (Å²) in [7, 11) is 1.85. The van der Waals surface area contributed by atoms with Crippen molar-refractivity contribution in [2.45, 2.75) is 38.1 Å². The Kier molecular flexibility index (Phi) is 12.2. The van der Waals surface area contributed by atoms with Gasteiger partial charge in [-0.25, -0.2) is 0 Å². The van der Waals surface area contributed by atoms with Crippen molar-refractivity contribution in [2.24, 2.45) is 4.99 Å². The summed E-state index contributed by atoms with van der Waals surface area (Å²) in [6, 6.07) is 15.3. The third kappa shape index (κ3) is 8.81. The van der Waals surface area contributed by atoms with Crippen LogP contribution in [-0.4, -0.2) is 51.9 Å². The predicted molar refractivity (Wildman–Crippen MR) is 140 cm³/mol. The largest absolute Gasteiger partial charge is 0.381 e. The average molecular weight is 543 g/mol. The number of aliphatic imine (C=N–C) groups is 1. The Balaban J connectivity index is 0.00000320. The van der Waals surface area contributed by atoms with Gasteiger partial charge in [0.2, 0.25) is 0 Å². The van der Waals surface area contributed by atoms with Gasteiger partial charge in [0.25, 0.3) is 0 Å². The maximum absolute atomic E-state index is 5.76. The molecular formula is C23H35IN4OS. The minimum absolute atomic E-state index is 0. The lowest BCUT2D eigenvalue weighted by Gasteiger charge is -2.33. The number of thiophene rings is 1. The number of nitrogens with zero attached hydrogens (tertiary/aromatic N) is 2. The number of benzene rings is 1. The zero-order valence-corrected chi connectivity index (χ0v) is 21.0.